The van der Waals surface area contributed by atoms with Crippen LogP contribution in [0.5, 0.6) is 0 Å². The second-order valence-corrected chi connectivity index (χ2v) is 36.5. The van der Waals surface area contributed by atoms with E-state index in [1.807, 2.05) is 0 Å². The van der Waals surface area contributed by atoms with Crippen LogP contribution in [0.15, 0.2) is 12.2 Å². The van der Waals surface area contributed by atoms with E-state index < -0.39 is 168 Å². The average molecular weight is 1740 g/mol. The van der Waals surface area contributed by atoms with Gasteiger partial charge in [-0.05, 0) is 77.0 Å². The van der Waals surface area contributed by atoms with Gasteiger partial charge in [-0.15, -0.1) is 0 Å². The Hall–Kier alpha value is -3.65. The number of aliphatic hydroxyl groups excluding tert-OH is 5. The van der Waals surface area contributed by atoms with Crippen molar-refractivity contribution in [3.63, 3.8) is 0 Å². The van der Waals surface area contributed by atoms with Gasteiger partial charge >= 0.3 is 31.7 Å². The van der Waals surface area contributed by atoms with E-state index in [0.29, 0.717) is 51.4 Å². The number of unbranched alkanes of at least 4 members (excludes halogenated alkanes) is 49. The lowest BCUT2D eigenvalue weighted by Crippen LogP contribution is -2.67. The second-order valence-electron chi connectivity index (χ2n) is 35.3. The number of ether oxygens (including phenoxy) is 7. The van der Waals surface area contributed by atoms with Crippen LogP contribution < -0.4 is 10.6 Å². The fraction of sp³-hybridized carbons (Fsp3) is 0.917. The Morgan fingerprint density at radius 1 is 0.364 bits per heavy atom. The molecule has 2 aliphatic heterocycles. The number of hydrogen-bond donors (Lipinski definition) is 9. The molecule has 0 aromatic rings. The largest absolute Gasteiger partial charge is 0.472 e. The Morgan fingerprint density at radius 3 is 1.04 bits per heavy atom. The highest BCUT2D eigenvalue weighted by molar-refractivity contribution is 7.46. The third-order valence-corrected chi connectivity index (χ3v) is 24.3. The zero-order chi connectivity index (χ0) is 88.6. The van der Waals surface area contributed by atoms with Crippen molar-refractivity contribution >= 4 is 43.5 Å². The number of nitrogens with one attached hydrogen (secondary N) is 2. The first-order valence-corrected chi connectivity index (χ1v) is 51.2. The van der Waals surface area contributed by atoms with E-state index in [4.69, 9.17) is 37.7 Å². The number of amides is 2. The van der Waals surface area contributed by atoms with Crippen LogP contribution in [-0.2, 0) is 71.0 Å². The third-order valence-electron chi connectivity index (χ3n) is 23.8. The first-order valence-electron chi connectivity index (χ1n) is 49.6. The smallest absolute Gasteiger partial charge is 0.462 e. The summed E-state index contributed by atoms with van der Waals surface area (Å²) < 4.78 is 61.5. The summed E-state index contributed by atoms with van der Waals surface area (Å²) in [7, 11) is -5.62. The van der Waals surface area contributed by atoms with Crippen LogP contribution >= 0.6 is 7.82 Å². The van der Waals surface area contributed by atoms with Crippen LogP contribution in [0.1, 0.15) is 465 Å². The fourth-order valence-electron chi connectivity index (χ4n) is 16.4. The molecule has 0 aliphatic carbocycles. The van der Waals surface area contributed by atoms with Gasteiger partial charge in [0.15, 0.2) is 24.8 Å². The molecule has 0 aromatic heterocycles. The summed E-state index contributed by atoms with van der Waals surface area (Å²) >= 11 is 0. The third kappa shape index (κ3) is 60.7. The van der Waals surface area contributed by atoms with Gasteiger partial charge in [0, 0.05) is 12.8 Å². The van der Waals surface area contributed by atoms with Crippen molar-refractivity contribution in [1.82, 2.24) is 10.6 Å². The van der Waals surface area contributed by atoms with Crippen LogP contribution in [0.3, 0.4) is 0 Å². The molecular formula is C96H179N2O22P. The number of phosphoric ester groups is 1. The van der Waals surface area contributed by atoms with Crippen LogP contribution in [0.25, 0.3) is 0 Å². The lowest BCUT2D eigenvalue weighted by atomic mass is 9.95. The molecule has 0 bridgehead atoms. The molecule has 2 fully saturated rings. The predicted molar refractivity (Wildman–Crippen MR) is 479 cm³/mol. The number of carbonyl (C=O) groups excluding carboxylic acids is 6. The maximum absolute atomic E-state index is 15.0. The van der Waals surface area contributed by atoms with Gasteiger partial charge in [-0.3, -0.25) is 33.3 Å². The number of esters is 4. The summed E-state index contributed by atoms with van der Waals surface area (Å²) in [5.41, 5.74) is 0. The Kier molecular flexibility index (Phi) is 71.6. The molecule has 2 rings (SSSR count). The molecule has 24 nitrogen and oxygen atoms in total. The minimum atomic E-state index is -5.62. The van der Waals surface area contributed by atoms with Gasteiger partial charge in [-0.1, -0.05) is 362 Å². The molecule has 14 atom stereocenters. The SMILES string of the molecule is CCCCCC/C=C\CCCCCCCC(=O)OC(CCCCCCCCCCC)CC(=O)NC1[C@H](OCC2OC(OP(=O)(O)O)C(NC(=O)CC(O)CCCCCCCCCCC)[C@@H](OC(=O)CC(O)CCCCCCCCCCC)[C@@H]2O)OC(CO)C(O)[C@@H]1OC(=O)CC(CCCCCCCCCCC)OC(=O)CCCCCCCCCCC. The van der Waals surface area contributed by atoms with Crippen LogP contribution in [-0.4, -0.2) is 170 Å². The van der Waals surface area contributed by atoms with Crippen LogP contribution in [0.2, 0.25) is 0 Å². The highest BCUT2D eigenvalue weighted by Crippen LogP contribution is 2.42. The molecule has 2 amide bonds. The first kappa shape index (κ1) is 113. The van der Waals surface area contributed by atoms with Gasteiger partial charge in [0.2, 0.25) is 11.8 Å². The topological polar surface area (TPSA) is 359 Å². The molecule has 0 saturated carbocycles. The van der Waals surface area contributed by atoms with Crippen molar-refractivity contribution in [2.45, 2.75) is 551 Å². The predicted octanol–water partition coefficient (Wildman–Crippen LogP) is 21.0. The van der Waals surface area contributed by atoms with E-state index in [1.54, 1.807) is 0 Å². The van der Waals surface area contributed by atoms with E-state index in [-0.39, 0.29) is 25.7 Å². The number of aliphatic hydroxyl groups is 5. The normalized spacial score (nSPS) is 20.4. The van der Waals surface area contributed by atoms with Gasteiger partial charge in [0.1, 0.15) is 48.7 Å². The minimum Gasteiger partial charge on any atom is -0.462 e. The second kappa shape index (κ2) is 76.4. The van der Waals surface area contributed by atoms with Crippen molar-refractivity contribution in [3.8, 4) is 0 Å². The molecule has 9 N–H and O–H groups in total. The van der Waals surface area contributed by atoms with E-state index in [9.17, 15) is 63.9 Å². The van der Waals surface area contributed by atoms with E-state index in [1.165, 1.54) is 103 Å². The zero-order valence-corrected chi connectivity index (χ0v) is 77.9. The summed E-state index contributed by atoms with van der Waals surface area (Å²) in [6.45, 7) is 11.3. The summed E-state index contributed by atoms with van der Waals surface area (Å²) in [5.74, 6) is -4.54. The molecule has 0 radical (unpaired) electrons. The maximum Gasteiger partial charge on any atom is 0.472 e. The van der Waals surface area contributed by atoms with E-state index >= 15 is 4.79 Å². The molecule has 710 valence electrons. The lowest BCUT2D eigenvalue weighted by Gasteiger charge is -2.46. The van der Waals surface area contributed by atoms with Gasteiger partial charge < -0.3 is 79.1 Å². The van der Waals surface area contributed by atoms with Crippen molar-refractivity contribution in [1.29, 1.82) is 0 Å². The number of allylic oxidation sites excluding steroid dienone is 2. The van der Waals surface area contributed by atoms with E-state index in [0.717, 1.165) is 218 Å². The number of phosphoric acid groups is 1. The standard InChI is InChI=1S/C96H179N2O22P/c1-7-13-19-25-31-37-38-39-40-46-52-58-63-69-85(104)114-79(67-61-55-49-43-34-28-22-16-10-4)73-84(103)98-89-93(119-88(107)74-80(68-62-56-50-44-35-29-23-17-11-5)115-86(105)70-64-57-51-45-36-30-24-18-12-6)91(108)81(75-99)116-95(89)113-76-82-92(109)94(118-87(106)72-78(101)66-60-54-48-42-33-27-21-15-9-3)90(96(117-82)120-121(110,111)112)97-83(102)71-77(100)65-59-53-47-41-32-26-20-14-8-2/h37-38,77-82,89-96,99-101,108-109H,7-36,39-76H2,1-6H3,(H,97,102)(H,98,103)(H2,110,111,112)/b38-37-/t77?,78?,79?,80?,81?,82?,89?,90?,91?,92-,93-,94-,95-,96?/m1/s1. The zero-order valence-electron chi connectivity index (χ0n) is 77.0. The van der Waals surface area contributed by atoms with Gasteiger partial charge in [0.05, 0.1) is 51.1 Å². The summed E-state index contributed by atoms with van der Waals surface area (Å²) in [6, 6.07) is -3.56. The number of rotatable bonds is 83. The Bertz CT molecular complexity index is 2600. The number of hydrogen-bond acceptors (Lipinski definition) is 20. The minimum absolute atomic E-state index is 0.133. The highest BCUT2D eigenvalue weighted by atomic mass is 31.2. The summed E-state index contributed by atoms with van der Waals surface area (Å²) in [6.07, 6.45) is 42.2. The van der Waals surface area contributed by atoms with E-state index in [2.05, 4.69) is 64.3 Å². The number of carbonyl (C=O) groups is 6. The van der Waals surface area contributed by atoms with Crippen LogP contribution in [0, 0.1) is 0 Å². The molecule has 25 heteroatoms. The van der Waals surface area contributed by atoms with Crippen molar-refractivity contribution < 1.29 is 106 Å². The molecule has 2 aliphatic rings. The molecular weight excluding hydrogens is 1560 g/mol. The maximum atomic E-state index is 15.0. The Labute approximate surface area is 733 Å². The van der Waals surface area contributed by atoms with Gasteiger partial charge in [-0.2, -0.15) is 0 Å². The lowest BCUT2D eigenvalue weighted by molar-refractivity contribution is -0.298. The van der Waals surface area contributed by atoms with Crippen molar-refractivity contribution in [2.75, 3.05) is 13.2 Å². The Morgan fingerprint density at radius 2 is 0.661 bits per heavy atom. The Balaban J connectivity index is 2.72. The van der Waals surface area contributed by atoms with Crippen molar-refractivity contribution in [2.24, 2.45) is 0 Å². The first-order chi connectivity index (χ1) is 58.6. The molecule has 2 heterocycles. The van der Waals surface area contributed by atoms with Crippen LogP contribution in [0.4, 0.5) is 0 Å². The van der Waals surface area contributed by atoms with Crippen molar-refractivity contribution in [3.05, 3.63) is 12.2 Å². The molecule has 10 unspecified atom stereocenters. The quantitative estimate of drug-likeness (QED) is 0.00898. The summed E-state index contributed by atoms with van der Waals surface area (Å²) in [5, 5.41) is 63.6. The molecule has 0 aromatic carbocycles. The molecule has 0 spiro atoms. The van der Waals surface area contributed by atoms with Gasteiger partial charge in [-0.25, -0.2) is 4.57 Å². The molecule has 2 saturated heterocycles. The fourth-order valence-corrected chi connectivity index (χ4v) is 16.8. The monoisotopic (exact) mass is 1740 g/mol. The summed E-state index contributed by atoms with van der Waals surface area (Å²) in [4.78, 5) is 107. The average Bonchev–Trinajstić information content (AvgIpc) is 0.785. The highest BCUT2D eigenvalue weighted by Gasteiger charge is 2.53. The molecule has 121 heavy (non-hydrogen) atoms. The van der Waals surface area contributed by atoms with Gasteiger partial charge in [0.25, 0.3) is 0 Å².